The number of pyridine rings is 1. The van der Waals surface area contributed by atoms with Gasteiger partial charge in [0, 0.05) is 25.0 Å². The number of aryl methyl sites for hydroxylation is 1. The van der Waals surface area contributed by atoms with Crippen molar-refractivity contribution in [2.45, 2.75) is 0 Å². The second-order valence-electron chi connectivity index (χ2n) is 3.91. The zero-order chi connectivity index (χ0) is 12.7. The number of nitrogens with zero attached hydrogens (tertiary/aromatic N) is 5. The van der Waals surface area contributed by atoms with Crippen LogP contribution < -0.4 is 10.5 Å². The molecule has 2 N–H and O–H groups in total. The van der Waals surface area contributed by atoms with Crippen LogP contribution in [-0.4, -0.2) is 31.5 Å². The van der Waals surface area contributed by atoms with Crippen LogP contribution in [0, 0.1) is 0 Å². The third-order valence-electron chi connectivity index (χ3n) is 2.70. The Hall–Kier alpha value is -2.57. The Balaban J connectivity index is 2.21. The summed E-state index contributed by atoms with van der Waals surface area (Å²) in [5.74, 6) is 1.29. The molecule has 0 bridgehead atoms. The fourth-order valence-corrected chi connectivity index (χ4v) is 1.83. The molecule has 3 aromatic rings. The molecule has 0 aliphatic heterocycles. The molecular formula is C11H12N6O. The zero-order valence-corrected chi connectivity index (χ0v) is 10.0. The van der Waals surface area contributed by atoms with Crippen molar-refractivity contribution in [3.8, 4) is 17.4 Å². The lowest BCUT2D eigenvalue weighted by atomic mass is 10.4. The van der Waals surface area contributed by atoms with Crippen molar-refractivity contribution in [2.24, 2.45) is 7.05 Å². The highest BCUT2D eigenvalue weighted by Gasteiger charge is 2.13. The van der Waals surface area contributed by atoms with Gasteiger partial charge in [-0.2, -0.15) is 5.10 Å². The van der Waals surface area contributed by atoms with E-state index in [4.69, 9.17) is 10.5 Å². The number of nitrogen functional groups attached to an aromatic ring is 1. The molecule has 0 saturated carbocycles. The van der Waals surface area contributed by atoms with Crippen molar-refractivity contribution < 1.29 is 4.74 Å². The molecule has 0 unspecified atom stereocenters. The number of hydrogen-bond acceptors (Lipinski definition) is 5. The molecule has 0 saturated heterocycles. The molecule has 0 atom stereocenters. The van der Waals surface area contributed by atoms with Crippen LogP contribution in [0.15, 0.2) is 24.4 Å². The second-order valence-corrected chi connectivity index (χ2v) is 3.91. The van der Waals surface area contributed by atoms with Crippen LogP contribution in [-0.2, 0) is 7.05 Å². The van der Waals surface area contributed by atoms with E-state index in [0.29, 0.717) is 23.1 Å². The molecule has 7 heteroatoms. The lowest BCUT2D eigenvalue weighted by Crippen LogP contribution is -1.96. The van der Waals surface area contributed by atoms with E-state index in [1.807, 2.05) is 6.07 Å². The summed E-state index contributed by atoms with van der Waals surface area (Å²) in [5, 5.41) is 12.5. The van der Waals surface area contributed by atoms with Crippen molar-refractivity contribution in [1.82, 2.24) is 24.4 Å². The normalized spacial score (nSPS) is 11.0. The molecule has 0 aliphatic carbocycles. The molecule has 0 aliphatic rings. The van der Waals surface area contributed by atoms with Gasteiger partial charge in [-0.05, 0) is 12.1 Å². The minimum atomic E-state index is 0.635. The fraction of sp³-hybridized carbons (Fsp3) is 0.182. The summed E-state index contributed by atoms with van der Waals surface area (Å²) < 4.78 is 8.62. The highest BCUT2D eigenvalue weighted by molar-refractivity contribution is 5.58. The van der Waals surface area contributed by atoms with Gasteiger partial charge in [-0.1, -0.05) is 0 Å². The molecule has 18 heavy (non-hydrogen) atoms. The van der Waals surface area contributed by atoms with Crippen LogP contribution >= 0.6 is 0 Å². The molecule has 0 radical (unpaired) electrons. The second kappa shape index (κ2) is 3.73. The molecule has 0 amide bonds. The maximum Gasteiger partial charge on any atom is 0.211 e. The van der Waals surface area contributed by atoms with E-state index in [0.717, 1.165) is 5.65 Å². The van der Waals surface area contributed by atoms with E-state index in [1.165, 1.54) is 0 Å². The standard InChI is InChI=1S/C11H12N6O/c1-16-10(18-2)5-8(15-16)11-14-13-9-4-3-7(12)6-17(9)11/h3-6H,12H2,1-2H3. The first-order valence-electron chi connectivity index (χ1n) is 5.37. The molecule has 3 aromatic heterocycles. The fourth-order valence-electron chi connectivity index (χ4n) is 1.83. The summed E-state index contributed by atoms with van der Waals surface area (Å²) in [6.07, 6.45) is 1.77. The lowest BCUT2D eigenvalue weighted by Gasteiger charge is -1.97. The van der Waals surface area contributed by atoms with Crippen molar-refractivity contribution in [2.75, 3.05) is 12.8 Å². The van der Waals surface area contributed by atoms with Gasteiger partial charge in [0.15, 0.2) is 11.5 Å². The quantitative estimate of drug-likeness (QED) is 0.718. The summed E-state index contributed by atoms with van der Waals surface area (Å²) in [6, 6.07) is 5.40. The number of hydrogen-bond donors (Lipinski definition) is 1. The Morgan fingerprint density at radius 1 is 1.28 bits per heavy atom. The zero-order valence-electron chi connectivity index (χ0n) is 10.0. The summed E-state index contributed by atoms with van der Waals surface area (Å²) in [7, 11) is 3.40. The SMILES string of the molecule is COc1cc(-c2nnc3ccc(N)cn23)nn1C. The van der Waals surface area contributed by atoms with Crippen LogP contribution in [0.4, 0.5) is 5.69 Å². The average Bonchev–Trinajstić information content (AvgIpc) is 2.91. The van der Waals surface area contributed by atoms with Gasteiger partial charge in [0.2, 0.25) is 5.88 Å². The van der Waals surface area contributed by atoms with Crippen LogP contribution in [0.3, 0.4) is 0 Å². The van der Waals surface area contributed by atoms with Gasteiger partial charge in [0.05, 0.1) is 7.11 Å². The summed E-state index contributed by atoms with van der Waals surface area (Å²) >= 11 is 0. The maximum absolute atomic E-state index is 5.76. The summed E-state index contributed by atoms with van der Waals surface area (Å²) in [5.41, 5.74) is 7.82. The largest absolute Gasteiger partial charge is 0.481 e. The van der Waals surface area contributed by atoms with E-state index in [9.17, 15) is 0 Å². The average molecular weight is 244 g/mol. The van der Waals surface area contributed by atoms with Crippen LogP contribution in [0.2, 0.25) is 0 Å². The third kappa shape index (κ3) is 1.48. The Morgan fingerprint density at radius 2 is 2.11 bits per heavy atom. The van der Waals surface area contributed by atoms with E-state index >= 15 is 0 Å². The monoisotopic (exact) mass is 244 g/mol. The number of anilines is 1. The molecule has 0 aromatic carbocycles. The van der Waals surface area contributed by atoms with Gasteiger partial charge in [-0.15, -0.1) is 10.2 Å². The van der Waals surface area contributed by atoms with Crippen molar-refractivity contribution in [1.29, 1.82) is 0 Å². The first kappa shape index (κ1) is 10.6. The Morgan fingerprint density at radius 3 is 2.83 bits per heavy atom. The minimum absolute atomic E-state index is 0.635. The lowest BCUT2D eigenvalue weighted by molar-refractivity contribution is 0.373. The predicted octanol–water partition coefficient (Wildman–Crippen LogP) is 0.721. The van der Waals surface area contributed by atoms with Gasteiger partial charge in [-0.25, -0.2) is 4.68 Å². The van der Waals surface area contributed by atoms with E-state index in [-0.39, 0.29) is 0 Å². The minimum Gasteiger partial charge on any atom is -0.481 e. The van der Waals surface area contributed by atoms with Gasteiger partial charge < -0.3 is 10.5 Å². The Bertz CT molecular complexity index is 713. The highest BCUT2D eigenvalue weighted by Crippen LogP contribution is 2.22. The van der Waals surface area contributed by atoms with Gasteiger partial charge in [0.25, 0.3) is 0 Å². The molecule has 3 heterocycles. The molecule has 3 rings (SSSR count). The van der Waals surface area contributed by atoms with Crippen molar-refractivity contribution in [3.05, 3.63) is 24.4 Å². The number of ether oxygens (including phenoxy) is 1. The van der Waals surface area contributed by atoms with Crippen molar-refractivity contribution >= 4 is 11.3 Å². The third-order valence-corrected chi connectivity index (χ3v) is 2.70. The Kier molecular flexibility index (Phi) is 2.19. The van der Waals surface area contributed by atoms with Crippen LogP contribution in [0.1, 0.15) is 0 Å². The van der Waals surface area contributed by atoms with E-state index < -0.39 is 0 Å². The summed E-state index contributed by atoms with van der Waals surface area (Å²) in [4.78, 5) is 0. The molecular weight excluding hydrogens is 232 g/mol. The van der Waals surface area contributed by atoms with E-state index in [1.54, 1.807) is 41.6 Å². The number of rotatable bonds is 2. The number of aromatic nitrogens is 5. The Labute approximate surface area is 103 Å². The summed E-state index contributed by atoms with van der Waals surface area (Å²) in [6.45, 7) is 0. The highest BCUT2D eigenvalue weighted by atomic mass is 16.5. The molecule has 7 nitrogen and oxygen atoms in total. The van der Waals surface area contributed by atoms with Crippen molar-refractivity contribution in [3.63, 3.8) is 0 Å². The molecule has 0 fully saturated rings. The smallest absolute Gasteiger partial charge is 0.211 e. The molecule has 0 spiro atoms. The molecule has 92 valence electrons. The first-order chi connectivity index (χ1) is 8.69. The maximum atomic E-state index is 5.76. The van der Waals surface area contributed by atoms with E-state index in [2.05, 4.69) is 15.3 Å². The van der Waals surface area contributed by atoms with Gasteiger partial charge >= 0.3 is 0 Å². The predicted molar refractivity (Wildman–Crippen MR) is 66.2 cm³/mol. The van der Waals surface area contributed by atoms with Gasteiger partial charge in [0.1, 0.15) is 5.69 Å². The number of fused-ring (bicyclic) bond motifs is 1. The van der Waals surface area contributed by atoms with Crippen LogP contribution in [0.25, 0.3) is 17.2 Å². The topological polar surface area (TPSA) is 83.3 Å². The van der Waals surface area contributed by atoms with Gasteiger partial charge in [-0.3, -0.25) is 4.40 Å². The first-order valence-corrected chi connectivity index (χ1v) is 5.37. The van der Waals surface area contributed by atoms with Crippen LogP contribution in [0.5, 0.6) is 5.88 Å². The number of nitrogens with two attached hydrogens (primary N) is 1. The number of methoxy groups -OCH3 is 1.